The van der Waals surface area contributed by atoms with Crippen molar-refractivity contribution >= 4 is 11.9 Å². The molecule has 0 spiro atoms. The van der Waals surface area contributed by atoms with Crippen molar-refractivity contribution in [2.75, 3.05) is 25.1 Å². The Kier molecular flexibility index (Phi) is 4.65. The summed E-state index contributed by atoms with van der Waals surface area (Å²) in [6, 6.07) is 1.72. The lowest BCUT2D eigenvalue weighted by molar-refractivity contribution is -0.125. The highest BCUT2D eigenvalue weighted by Gasteiger charge is 2.26. The summed E-state index contributed by atoms with van der Waals surface area (Å²) < 4.78 is 5.12. The predicted octanol–water partition coefficient (Wildman–Crippen LogP) is 0.136. The molecule has 9 heteroatoms. The normalized spacial score (nSPS) is 15.4. The summed E-state index contributed by atoms with van der Waals surface area (Å²) in [5, 5.41) is 13.0. The Labute approximate surface area is 133 Å². The summed E-state index contributed by atoms with van der Waals surface area (Å²) in [5.41, 5.74) is 0.723. The van der Waals surface area contributed by atoms with Gasteiger partial charge in [-0.05, 0) is 12.8 Å². The van der Waals surface area contributed by atoms with Crippen molar-refractivity contribution in [2.45, 2.75) is 19.4 Å². The highest BCUT2D eigenvalue weighted by atomic mass is 16.5. The predicted molar refractivity (Wildman–Crippen MR) is 81.8 cm³/mol. The lowest BCUT2D eigenvalue weighted by Crippen LogP contribution is -2.41. The van der Waals surface area contributed by atoms with Gasteiger partial charge in [0.25, 0.3) is 0 Å². The average molecular weight is 317 g/mol. The first kappa shape index (κ1) is 15.2. The Balaban J connectivity index is 1.50. The first-order valence-electron chi connectivity index (χ1n) is 7.50. The second kappa shape index (κ2) is 7.03. The molecule has 0 unspecified atom stereocenters. The molecule has 1 fully saturated rings. The molecule has 1 aliphatic heterocycles. The maximum Gasteiger partial charge on any atom is 0.228 e. The average Bonchev–Trinajstić information content (AvgIpc) is 3.13. The Bertz CT molecular complexity index is 638. The Morgan fingerprint density at radius 1 is 1.48 bits per heavy atom. The zero-order chi connectivity index (χ0) is 16.1. The van der Waals surface area contributed by atoms with Crippen LogP contribution >= 0.6 is 0 Å². The van der Waals surface area contributed by atoms with Crippen LogP contribution in [0.3, 0.4) is 0 Å². The second-order valence-corrected chi connectivity index (χ2v) is 5.34. The molecule has 0 radical (unpaired) electrons. The summed E-state index contributed by atoms with van der Waals surface area (Å²) in [4.78, 5) is 22.9. The van der Waals surface area contributed by atoms with Crippen molar-refractivity contribution in [1.29, 1.82) is 0 Å². The number of aromatic nitrogens is 5. The van der Waals surface area contributed by atoms with Gasteiger partial charge in [-0.25, -0.2) is 4.98 Å². The van der Waals surface area contributed by atoms with E-state index in [-0.39, 0.29) is 11.8 Å². The van der Waals surface area contributed by atoms with E-state index in [1.54, 1.807) is 25.6 Å². The smallest absolute Gasteiger partial charge is 0.228 e. The molecule has 23 heavy (non-hydrogen) atoms. The van der Waals surface area contributed by atoms with E-state index in [1.807, 2.05) is 0 Å². The van der Waals surface area contributed by atoms with Gasteiger partial charge in [-0.1, -0.05) is 0 Å². The van der Waals surface area contributed by atoms with E-state index in [1.165, 1.54) is 0 Å². The third kappa shape index (κ3) is 3.74. The molecule has 0 atom stereocenters. The number of rotatable bonds is 5. The quantitative estimate of drug-likeness (QED) is 0.807. The first-order valence-corrected chi connectivity index (χ1v) is 7.50. The molecule has 2 aromatic heterocycles. The molecule has 0 saturated carbocycles. The van der Waals surface area contributed by atoms with Gasteiger partial charge in [-0.3, -0.25) is 4.79 Å². The van der Waals surface area contributed by atoms with Crippen molar-refractivity contribution in [3.05, 3.63) is 24.2 Å². The Hall–Kier alpha value is -2.71. The number of anilines is 1. The molecule has 0 aliphatic carbocycles. The molecule has 122 valence electrons. The Morgan fingerprint density at radius 2 is 2.30 bits per heavy atom. The highest BCUT2D eigenvalue weighted by Crippen LogP contribution is 2.21. The van der Waals surface area contributed by atoms with Crippen molar-refractivity contribution in [3.63, 3.8) is 0 Å². The summed E-state index contributed by atoms with van der Waals surface area (Å²) in [5.74, 6) is 1.25. The van der Waals surface area contributed by atoms with Gasteiger partial charge in [0.2, 0.25) is 17.7 Å². The zero-order valence-corrected chi connectivity index (χ0v) is 12.9. The number of carbonyl (C=O) groups excluding carboxylic acids is 1. The van der Waals surface area contributed by atoms with Crippen LogP contribution in [0.15, 0.2) is 18.5 Å². The fourth-order valence-corrected chi connectivity index (χ4v) is 2.57. The van der Waals surface area contributed by atoms with Crippen LogP contribution < -0.4 is 15.0 Å². The first-order chi connectivity index (χ1) is 11.3. The van der Waals surface area contributed by atoms with Crippen LogP contribution in [-0.4, -0.2) is 51.5 Å². The number of hydrogen-bond donors (Lipinski definition) is 2. The topological polar surface area (TPSA) is 109 Å². The van der Waals surface area contributed by atoms with E-state index >= 15 is 0 Å². The van der Waals surface area contributed by atoms with Gasteiger partial charge in [0.05, 0.1) is 19.9 Å². The number of H-pyrrole nitrogens is 1. The zero-order valence-electron chi connectivity index (χ0n) is 12.9. The number of hydrogen-bond acceptors (Lipinski definition) is 7. The van der Waals surface area contributed by atoms with Crippen LogP contribution in [0.25, 0.3) is 0 Å². The van der Waals surface area contributed by atoms with Gasteiger partial charge in [-0.2, -0.15) is 20.4 Å². The van der Waals surface area contributed by atoms with Crippen LogP contribution in [-0.2, 0) is 11.3 Å². The molecular formula is C14H19N7O2. The van der Waals surface area contributed by atoms with Gasteiger partial charge < -0.3 is 15.0 Å². The largest absolute Gasteiger partial charge is 0.481 e. The van der Waals surface area contributed by atoms with Crippen molar-refractivity contribution < 1.29 is 9.53 Å². The number of ether oxygens (including phenoxy) is 1. The van der Waals surface area contributed by atoms with E-state index in [0.29, 0.717) is 18.4 Å². The molecule has 1 saturated heterocycles. The number of aromatic amines is 1. The SMILES string of the molecule is COc1ccnc(N2CCC(C(=O)NCc3cn[nH]n3)CC2)n1. The van der Waals surface area contributed by atoms with Gasteiger partial charge >= 0.3 is 0 Å². The van der Waals surface area contributed by atoms with Gasteiger partial charge in [0.1, 0.15) is 5.69 Å². The van der Waals surface area contributed by atoms with Crippen LogP contribution in [0, 0.1) is 5.92 Å². The van der Waals surface area contributed by atoms with Crippen molar-refractivity contribution in [3.8, 4) is 5.88 Å². The lowest BCUT2D eigenvalue weighted by atomic mass is 9.96. The standard InChI is InChI=1S/C14H19N7O2/c1-23-12-2-5-15-14(18-12)21-6-3-10(4-7-21)13(22)16-8-11-9-17-20-19-11/h2,5,9-10H,3-4,6-8H2,1H3,(H,16,22)(H,17,19,20). The summed E-state index contributed by atoms with van der Waals surface area (Å²) >= 11 is 0. The van der Waals surface area contributed by atoms with Crippen LogP contribution in [0.5, 0.6) is 5.88 Å². The molecule has 9 nitrogen and oxygen atoms in total. The van der Waals surface area contributed by atoms with Gasteiger partial charge in [-0.15, -0.1) is 0 Å². The molecule has 0 aromatic carbocycles. The monoisotopic (exact) mass is 317 g/mol. The maximum absolute atomic E-state index is 12.2. The molecular weight excluding hydrogens is 298 g/mol. The van der Waals surface area contributed by atoms with E-state index in [2.05, 4.69) is 35.6 Å². The molecule has 2 N–H and O–H groups in total. The molecule has 2 aromatic rings. The summed E-state index contributed by atoms with van der Waals surface area (Å²) in [7, 11) is 1.58. The minimum atomic E-state index is 0.00348. The van der Waals surface area contributed by atoms with E-state index in [4.69, 9.17) is 4.74 Å². The number of nitrogens with zero attached hydrogens (tertiary/aromatic N) is 5. The number of amides is 1. The Morgan fingerprint density at radius 3 is 3.00 bits per heavy atom. The minimum Gasteiger partial charge on any atom is -0.481 e. The molecule has 0 bridgehead atoms. The van der Waals surface area contributed by atoms with Crippen LogP contribution in [0.1, 0.15) is 18.5 Å². The number of piperidine rings is 1. The van der Waals surface area contributed by atoms with E-state index in [0.717, 1.165) is 31.6 Å². The summed E-state index contributed by atoms with van der Waals surface area (Å²) in [6.07, 6.45) is 4.82. The highest BCUT2D eigenvalue weighted by molar-refractivity contribution is 5.78. The molecule has 3 heterocycles. The molecule has 1 aliphatic rings. The minimum absolute atomic E-state index is 0.00348. The van der Waals surface area contributed by atoms with Gasteiger partial charge in [0, 0.05) is 31.3 Å². The van der Waals surface area contributed by atoms with Crippen LogP contribution in [0.4, 0.5) is 5.95 Å². The number of methoxy groups -OCH3 is 1. The van der Waals surface area contributed by atoms with E-state index in [9.17, 15) is 4.79 Å². The molecule has 1 amide bonds. The fraction of sp³-hybridized carbons (Fsp3) is 0.500. The maximum atomic E-state index is 12.2. The van der Waals surface area contributed by atoms with Crippen molar-refractivity contribution in [2.24, 2.45) is 5.92 Å². The third-order valence-electron chi connectivity index (χ3n) is 3.88. The van der Waals surface area contributed by atoms with Crippen molar-refractivity contribution in [1.82, 2.24) is 30.7 Å². The number of carbonyl (C=O) groups is 1. The van der Waals surface area contributed by atoms with Crippen LogP contribution in [0.2, 0.25) is 0 Å². The summed E-state index contributed by atoms with van der Waals surface area (Å²) in [6.45, 7) is 1.89. The van der Waals surface area contributed by atoms with E-state index < -0.39 is 0 Å². The fourth-order valence-electron chi connectivity index (χ4n) is 2.57. The number of nitrogens with one attached hydrogen (secondary N) is 2. The molecule has 3 rings (SSSR count). The van der Waals surface area contributed by atoms with Gasteiger partial charge in [0.15, 0.2) is 0 Å². The lowest BCUT2D eigenvalue weighted by Gasteiger charge is -2.31. The third-order valence-corrected chi connectivity index (χ3v) is 3.88. The second-order valence-electron chi connectivity index (χ2n) is 5.34.